The van der Waals surface area contributed by atoms with E-state index < -0.39 is 23.2 Å². The van der Waals surface area contributed by atoms with Crippen LogP contribution in [-0.4, -0.2) is 42.3 Å². The maximum Gasteiger partial charge on any atom is 0.408 e. The van der Waals surface area contributed by atoms with Crippen LogP contribution in [0.25, 0.3) is 0 Å². The molecule has 7 nitrogen and oxygen atoms in total. The molecule has 0 aromatic heterocycles. The Morgan fingerprint density at radius 2 is 1.80 bits per heavy atom. The third kappa shape index (κ3) is 5.46. The monoisotopic (exact) mass is 286 g/mol. The van der Waals surface area contributed by atoms with E-state index >= 15 is 0 Å². The molecule has 1 rings (SSSR count). The Labute approximate surface area is 118 Å². The summed E-state index contributed by atoms with van der Waals surface area (Å²) in [6.07, 6.45) is 0.544. The van der Waals surface area contributed by atoms with E-state index in [4.69, 9.17) is 9.47 Å². The first-order valence-corrected chi connectivity index (χ1v) is 6.57. The number of carbonyl (C=O) groups excluding carboxylic acids is 3. The summed E-state index contributed by atoms with van der Waals surface area (Å²) >= 11 is 0. The highest BCUT2D eigenvalue weighted by Crippen LogP contribution is 2.35. The number of esters is 1. The first-order chi connectivity index (χ1) is 9.15. The number of hydrogen-bond donors (Lipinski definition) is 2. The van der Waals surface area contributed by atoms with Gasteiger partial charge in [-0.05, 0) is 33.6 Å². The van der Waals surface area contributed by atoms with Crippen LogP contribution in [-0.2, 0) is 19.1 Å². The lowest BCUT2D eigenvalue weighted by molar-refractivity contribution is -0.141. The van der Waals surface area contributed by atoms with Gasteiger partial charge < -0.3 is 20.1 Å². The van der Waals surface area contributed by atoms with E-state index in [1.165, 1.54) is 6.92 Å². The summed E-state index contributed by atoms with van der Waals surface area (Å²) in [6, 6.07) is 0. The smallest absolute Gasteiger partial charge is 0.408 e. The van der Waals surface area contributed by atoms with Gasteiger partial charge in [0.25, 0.3) is 0 Å². The van der Waals surface area contributed by atoms with Gasteiger partial charge in [0.2, 0.25) is 5.91 Å². The van der Waals surface area contributed by atoms with Crippen molar-refractivity contribution in [3.05, 3.63) is 0 Å². The number of hydrogen-bond acceptors (Lipinski definition) is 5. The average molecular weight is 286 g/mol. The Bertz CT molecular complexity index is 396. The molecule has 7 heteroatoms. The molecule has 0 spiro atoms. The van der Waals surface area contributed by atoms with E-state index in [0.717, 1.165) is 0 Å². The highest BCUT2D eigenvalue weighted by molar-refractivity contribution is 5.92. The topological polar surface area (TPSA) is 93.7 Å². The Hall–Kier alpha value is -1.79. The van der Waals surface area contributed by atoms with Crippen molar-refractivity contribution in [2.45, 2.75) is 51.7 Å². The quantitative estimate of drug-likeness (QED) is 0.574. The number of ether oxygens (including phenoxy) is 2. The van der Waals surface area contributed by atoms with Crippen LogP contribution in [0.4, 0.5) is 4.79 Å². The lowest BCUT2D eigenvalue weighted by Gasteiger charge is -2.23. The van der Waals surface area contributed by atoms with E-state index in [0.29, 0.717) is 12.8 Å². The van der Waals surface area contributed by atoms with Crippen molar-refractivity contribution in [1.29, 1.82) is 0 Å². The lowest BCUT2D eigenvalue weighted by atomic mass is 10.2. The molecule has 20 heavy (non-hydrogen) atoms. The number of alkyl carbamates (subject to hydrolysis) is 1. The Balaban J connectivity index is 2.35. The minimum atomic E-state index is -0.876. The van der Waals surface area contributed by atoms with Gasteiger partial charge in [0.15, 0.2) is 0 Å². The second kappa shape index (κ2) is 6.11. The number of nitrogens with one attached hydrogen (secondary N) is 2. The summed E-state index contributed by atoms with van der Waals surface area (Å²) in [5.41, 5.74) is -1.48. The second-order valence-electron chi connectivity index (χ2n) is 5.80. The summed E-state index contributed by atoms with van der Waals surface area (Å²) in [5, 5.41) is 5.21. The molecule has 2 N–H and O–H groups in total. The summed E-state index contributed by atoms with van der Waals surface area (Å²) < 4.78 is 9.83. The Morgan fingerprint density at radius 1 is 1.20 bits per heavy atom. The molecular weight excluding hydrogens is 264 g/mol. The largest absolute Gasteiger partial charge is 0.464 e. The van der Waals surface area contributed by atoms with Gasteiger partial charge in [-0.25, -0.2) is 4.79 Å². The van der Waals surface area contributed by atoms with Gasteiger partial charge in [0.1, 0.15) is 17.7 Å². The molecule has 0 saturated heterocycles. The van der Waals surface area contributed by atoms with Crippen LogP contribution in [0.1, 0.15) is 40.5 Å². The fourth-order valence-electron chi connectivity index (χ4n) is 1.56. The standard InChI is InChI=1S/C13H22N2O5/c1-9(16)19-8-7-14-10(17)13(5-6-13)15-11(18)20-12(2,3)4/h5-8H2,1-4H3,(H,14,17)(H,15,18). The van der Waals surface area contributed by atoms with Gasteiger partial charge in [-0.2, -0.15) is 0 Å². The van der Waals surface area contributed by atoms with Crippen LogP contribution in [0.15, 0.2) is 0 Å². The molecule has 0 radical (unpaired) electrons. The lowest BCUT2D eigenvalue weighted by Crippen LogP contribution is -2.50. The molecule has 2 amide bonds. The van der Waals surface area contributed by atoms with Crippen molar-refractivity contribution < 1.29 is 23.9 Å². The molecule has 0 aromatic rings. The van der Waals surface area contributed by atoms with Gasteiger partial charge in [-0.15, -0.1) is 0 Å². The van der Waals surface area contributed by atoms with Crippen molar-refractivity contribution in [3.8, 4) is 0 Å². The molecule has 0 unspecified atom stereocenters. The zero-order valence-electron chi connectivity index (χ0n) is 12.4. The molecule has 1 fully saturated rings. The van der Waals surface area contributed by atoms with Gasteiger partial charge in [0.05, 0.1) is 6.54 Å². The molecular formula is C13H22N2O5. The molecule has 114 valence electrons. The predicted octanol–water partition coefficient (Wildman–Crippen LogP) is 0.723. The number of rotatable bonds is 5. The normalized spacial score (nSPS) is 16.0. The highest BCUT2D eigenvalue weighted by atomic mass is 16.6. The zero-order valence-corrected chi connectivity index (χ0v) is 12.4. The third-order valence-corrected chi connectivity index (χ3v) is 2.62. The molecule has 0 atom stereocenters. The number of carbonyl (C=O) groups is 3. The summed E-state index contributed by atoms with van der Waals surface area (Å²) in [7, 11) is 0. The third-order valence-electron chi connectivity index (χ3n) is 2.62. The van der Waals surface area contributed by atoms with Gasteiger partial charge in [-0.1, -0.05) is 0 Å². The van der Waals surface area contributed by atoms with Crippen LogP contribution in [0, 0.1) is 0 Å². The maximum absolute atomic E-state index is 12.0. The minimum absolute atomic E-state index is 0.115. The maximum atomic E-state index is 12.0. The molecule has 0 aromatic carbocycles. The molecule has 0 heterocycles. The van der Waals surface area contributed by atoms with Crippen LogP contribution in [0.3, 0.4) is 0 Å². The molecule has 1 aliphatic rings. The minimum Gasteiger partial charge on any atom is -0.464 e. The molecule has 1 saturated carbocycles. The van der Waals surface area contributed by atoms with Crippen LogP contribution in [0.5, 0.6) is 0 Å². The molecule has 0 bridgehead atoms. The number of amides is 2. The molecule has 0 aliphatic heterocycles. The van der Waals surface area contributed by atoms with Crippen molar-refractivity contribution >= 4 is 18.0 Å². The van der Waals surface area contributed by atoms with E-state index in [2.05, 4.69) is 10.6 Å². The fourth-order valence-corrected chi connectivity index (χ4v) is 1.56. The van der Waals surface area contributed by atoms with Gasteiger partial charge in [-0.3, -0.25) is 9.59 Å². The van der Waals surface area contributed by atoms with Crippen molar-refractivity contribution in [2.75, 3.05) is 13.2 Å². The predicted molar refractivity (Wildman–Crippen MR) is 71.0 cm³/mol. The first-order valence-electron chi connectivity index (χ1n) is 6.57. The Morgan fingerprint density at radius 3 is 2.25 bits per heavy atom. The summed E-state index contributed by atoms with van der Waals surface area (Å²) in [4.78, 5) is 34.2. The van der Waals surface area contributed by atoms with Crippen LogP contribution in [0.2, 0.25) is 0 Å². The summed E-state index contributed by atoms with van der Waals surface area (Å²) in [5.74, 6) is -0.678. The Kier molecular flexibility index (Phi) is 4.97. The SMILES string of the molecule is CC(=O)OCCNC(=O)C1(NC(=O)OC(C)(C)C)CC1. The van der Waals surface area contributed by atoms with Crippen molar-refractivity contribution in [3.63, 3.8) is 0 Å². The van der Waals surface area contributed by atoms with Crippen LogP contribution < -0.4 is 10.6 Å². The molecule has 1 aliphatic carbocycles. The van der Waals surface area contributed by atoms with Gasteiger partial charge in [0, 0.05) is 6.92 Å². The summed E-state index contributed by atoms with van der Waals surface area (Å²) in [6.45, 7) is 6.90. The van der Waals surface area contributed by atoms with Crippen molar-refractivity contribution in [1.82, 2.24) is 10.6 Å². The second-order valence-corrected chi connectivity index (χ2v) is 5.80. The highest BCUT2D eigenvalue weighted by Gasteiger charge is 2.51. The van der Waals surface area contributed by atoms with Gasteiger partial charge >= 0.3 is 12.1 Å². The average Bonchev–Trinajstić information content (AvgIpc) is 3.01. The first kappa shape index (κ1) is 16.3. The van der Waals surface area contributed by atoms with E-state index in [1.807, 2.05) is 0 Å². The van der Waals surface area contributed by atoms with E-state index in [9.17, 15) is 14.4 Å². The van der Waals surface area contributed by atoms with E-state index in [-0.39, 0.29) is 19.1 Å². The zero-order chi connectivity index (χ0) is 15.4. The van der Waals surface area contributed by atoms with Crippen LogP contribution >= 0.6 is 0 Å². The van der Waals surface area contributed by atoms with E-state index in [1.54, 1.807) is 20.8 Å². The van der Waals surface area contributed by atoms with Crippen molar-refractivity contribution in [2.24, 2.45) is 0 Å². The fraction of sp³-hybridized carbons (Fsp3) is 0.769.